The van der Waals surface area contributed by atoms with Gasteiger partial charge in [0.1, 0.15) is 0 Å². The molecule has 2 heterocycles. The van der Waals surface area contributed by atoms with Crippen LogP contribution in [0.4, 0.5) is 5.69 Å². The van der Waals surface area contributed by atoms with E-state index in [2.05, 4.69) is 66.0 Å². The molecule has 0 bridgehead atoms. The van der Waals surface area contributed by atoms with Crippen LogP contribution >= 0.6 is 11.8 Å². The lowest BCUT2D eigenvalue weighted by Crippen LogP contribution is -1.90. The smallest absolute Gasteiger partial charge is 0.0373 e. The molecule has 0 unspecified atom stereocenters. The van der Waals surface area contributed by atoms with E-state index >= 15 is 0 Å². The molecule has 0 aliphatic carbocycles. The van der Waals surface area contributed by atoms with Crippen LogP contribution in [-0.4, -0.2) is 12.3 Å². The van der Waals surface area contributed by atoms with Gasteiger partial charge in [-0.2, -0.15) is 0 Å². The quantitative estimate of drug-likeness (QED) is 0.756. The van der Waals surface area contributed by atoms with E-state index in [0.29, 0.717) is 0 Å². The SMILES string of the molecule is C1=Cc2ccccc2SC1.c1ccc2c(c1)CCN2. The average molecular weight is 267 g/mol. The van der Waals surface area contributed by atoms with Gasteiger partial charge in [0, 0.05) is 22.9 Å². The zero-order valence-electron chi connectivity index (χ0n) is 10.8. The van der Waals surface area contributed by atoms with E-state index in [0.717, 1.165) is 12.3 Å². The topological polar surface area (TPSA) is 12.0 Å². The Morgan fingerprint density at radius 3 is 2.68 bits per heavy atom. The van der Waals surface area contributed by atoms with Gasteiger partial charge in [-0.05, 0) is 29.7 Å². The predicted molar refractivity (Wildman–Crippen MR) is 84.8 cm³/mol. The van der Waals surface area contributed by atoms with Gasteiger partial charge >= 0.3 is 0 Å². The van der Waals surface area contributed by atoms with Crippen LogP contribution in [0.25, 0.3) is 6.08 Å². The highest BCUT2D eigenvalue weighted by Gasteiger charge is 2.06. The van der Waals surface area contributed by atoms with Crippen LogP contribution in [0.5, 0.6) is 0 Å². The molecule has 2 aliphatic heterocycles. The first kappa shape index (κ1) is 12.4. The molecule has 0 amide bonds. The molecule has 0 fully saturated rings. The molecule has 2 aliphatic rings. The van der Waals surface area contributed by atoms with Crippen LogP contribution in [-0.2, 0) is 6.42 Å². The van der Waals surface area contributed by atoms with Crippen LogP contribution in [0, 0.1) is 0 Å². The maximum Gasteiger partial charge on any atom is 0.0373 e. The number of hydrogen-bond acceptors (Lipinski definition) is 2. The van der Waals surface area contributed by atoms with Gasteiger partial charge in [-0.1, -0.05) is 48.6 Å². The highest BCUT2D eigenvalue weighted by molar-refractivity contribution is 7.99. The predicted octanol–water partition coefficient (Wildman–Crippen LogP) is 4.46. The van der Waals surface area contributed by atoms with Crippen molar-refractivity contribution >= 4 is 23.5 Å². The lowest BCUT2D eigenvalue weighted by Gasteiger charge is -2.07. The first-order valence-electron chi connectivity index (χ1n) is 6.63. The van der Waals surface area contributed by atoms with Crippen molar-refractivity contribution in [2.45, 2.75) is 11.3 Å². The number of nitrogens with one attached hydrogen (secondary N) is 1. The highest BCUT2D eigenvalue weighted by atomic mass is 32.2. The normalized spacial score (nSPS) is 14.7. The average Bonchev–Trinajstić information content (AvgIpc) is 2.96. The maximum atomic E-state index is 3.30. The summed E-state index contributed by atoms with van der Waals surface area (Å²) in [5.41, 5.74) is 4.13. The lowest BCUT2D eigenvalue weighted by molar-refractivity contribution is 1.11. The first-order valence-corrected chi connectivity index (χ1v) is 7.62. The molecule has 0 atom stereocenters. The van der Waals surface area contributed by atoms with Crippen LogP contribution < -0.4 is 5.32 Å². The van der Waals surface area contributed by atoms with Gasteiger partial charge < -0.3 is 5.32 Å². The molecule has 2 heteroatoms. The molecule has 1 nitrogen and oxygen atoms in total. The minimum absolute atomic E-state index is 1.11. The number of anilines is 1. The number of benzene rings is 2. The van der Waals surface area contributed by atoms with Crippen molar-refractivity contribution in [3.63, 3.8) is 0 Å². The van der Waals surface area contributed by atoms with Crippen LogP contribution in [0.3, 0.4) is 0 Å². The second-order valence-corrected chi connectivity index (χ2v) is 5.65. The number of hydrogen-bond donors (Lipinski definition) is 1. The lowest BCUT2D eigenvalue weighted by atomic mass is 10.2. The van der Waals surface area contributed by atoms with Crippen LogP contribution in [0.15, 0.2) is 59.5 Å². The summed E-state index contributed by atoms with van der Waals surface area (Å²) in [5, 5.41) is 3.30. The molecule has 0 saturated heterocycles. The summed E-state index contributed by atoms with van der Waals surface area (Å²) in [6, 6.07) is 16.9. The summed E-state index contributed by atoms with van der Waals surface area (Å²) in [4.78, 5) is 1.41. The van der Waals surface area contributed by atoms with Gasteiger partial charge in [-0.15, -0.1) is 11.8 Å². The molecular weight excluding hydrogens is 250 g/mol. The van der Waals surface area contributed by atoms with Gasteiger partial charge in [0.05, 0.1) is 0 Å². The first-order chi connectivity index (χ1) is 9.43. The van der Waals surface area contributed by atoms with Gasteiger partial charge in [-0.3, -0.25) is 0 Å². The van der Waals surface area contributed by atoms with E-state index in [9.17, 15) is 0 Å². The fourth-order valence-electron chi connectivity index (χ4n) is 2.31. The van der Waals surface area contributed by atoms with Gasteiger partial charge in [0.25, 0.3) is 0 Å². The van der Waals surface area contributed by atoms with Crippen LogP contribution in [0.1, 0.15) is 11.1 Å². The molecule has 2 aromatic rings. The van der Waals surface area contributed by atoms with E-state index in [1.807, 2.05) is 11.8 Å². The van der Waals surface area contributed by atoms with E-state index < -0.39 is 0 Å². The summed E-state index contributed by atoms with van der Waals surface area (Å²) >= 11 is 1.90. The number of thioether (sulfide) groups is 1. The van der Waals surface area contributed by atoms with E-state index in [1.54, 1.807) is 0 Å². The van der Waals surface area contributed by atoms with E-state index in [1.165, 1.54) is 28.1 Å². The second-order valence-electron chi connectivity index (χ2n) is 4.59. The third kappa shape index (κ3) is 3.02. The Hall–Kier alpha value is -1.67. The van der Waals surface area contributed by atoms with Gasteiger partial charge in [0.15, 0.2) is 0 Å². The number of rotatable bonds is 0. The van der Waals surface area contributed by atoms with Gasteiger partial charge in [0.2, 0.25) is 0 Å². The monoisotopic (exact) mass is 267 g/mol. The summed E-state index contributed by atoms with van der Waals surface area (Å²) in [6.45, 7) is 1.11. The standard InChI is InChI=1S/C9H8S.C8H9N/c1-2-6-9-8(4-1)5-3-7-10-9;1-2-4-8-7(3-1)5-6-9-8/h1-6H,7H2;1-4,9H,5-6H2. The molecule has 0 radical (unpaired) electrons. The molecular formula is C17H17NS. The fraction of sp³-hybridized carbons (Fsp3) is 0.176. The Bertz CT molecular complexity index is 566. The molecule has 19 heavy (non-hydrogen) atoms. The Balaban J connectivity index is 0.000000117. The molecule has 96 valence electrons. The number of fused-ring (bicyclic) bond motifs is 2. The van der Waals surface area contributed by atoms with E-state index in [4.69, 9.17) is 0 Å². The van der Waals surface area contributed by atoms with Crippen molar-refractivity contribution in [3.05, 3.63) is 65.7 Å². The molecule has 2 aromatic carbocycles. The minimum atomic E-state index is 1.11. The minimum Gasteiger partial charge on any atom is -0.384 e. The third-order valence-electron chi connectivity index (χ3n) is 3.28. The zero-order chi connectivity index (χ0) is 12.9. The van der Waals surface area contributed by atoms with E-state index in [-0.39, 0.29) is 0 Å². The second kappa shape index (κ2) is 5.98. The van der Waals surface area contributed by atoms with Crippen molar-refractivity contribution in [3.8, 4) is 0 Å². The zero-order valence-corrected chi connectivity index (χ0v) is 11.6. The molecule has 4 rings (SSSR count). The summed E-state index contributed by atoms with van der Waals surface area (Å²) in [5.74, 6) is 1.12. The Kier molecular flexibility index (Phi) is 3.89. The maximum absolute atomic E-state index is 3.30. The Morgan fingerprint density at radius 1 is 0.947 bits per heavy atom. The fourth-order valence-corrected chi connectivity index (χ4v) is 3.15. The van der Waals surface area contributed by atoms with Crippen molar-refractivity contribution in [2.75, 3.05) is 17.6 Å². The number of para-hydroxylation sites is 1. The van der Waals surface area contributed by atoms with Gasteiger partial charge in [-0.25, -0.2) is 0 Å². The molecule has 0 spiro atoms. The van der Waals surface area contributed by atoms with Crippen LogP contribution in [0.2, 0.25) is 0 Å². The van der Waals surface area contributed by atoms with Crippen molar-refractivity contribution in [1.29, 1.82) is 0 Å². The summed E-state index contributed by atoms with van der Waals surface area (Å²) in [7, 11) is 0. The highest BCUT2D eigenvalue weighted by Crippen LogP contribution is 2.27. The Morgan fingerprint density at radius 2 is 1.79 bits per heavy atom. The van der Waals surface area contributed by atoms with Crippen molar-refractivity contribution < 1.29 is 0 Å². The van der Waals surface area contributed by atoms with Crippen molar-refractivity contribution in [2.24, 2.45) is 0 Å². The molecule has 1 N–H and O–H groups in total. The largest absolute Gasteiger partial charge is 0.384 e. The molecule has 0 saturated carbocycles. The molecule has 0 aromatic heterocycles. The summed E-state index contributed by atoms with van der Waals surface area (Å²) < 4.78 is 0. The van der Waals surface area contributed by atoms with Crippen molar-refractivity contribution in [1.82, 2.24) is 0 Å². The third-order valence-corrected chi connectivity index (χ3v) is 4.32. The summed E-state index contributed by atoms with van der Waals surface area (Å²) in [6.07, 6.45) is 5.58. The Labute approximate surface area is 118 Å².